The van der Waals surface area contributed by atoms with Crippen molar-refractivity contribution in [2.75, 3.05) is 20.3 Å². The lowest BCUT2D eigenvalue weighted by molar-refractivity contribution is -0.384. The van der Waals surface area contributed by atoms with Gasteiger partial charge in [-0.3, -0.25) is 10.1 Å². The highest BCUT2D eigenvalue weighted by molar-refractivity contribution is 5.36. The Morgan fingerprint density at radius 3 is 2.60 bits per heavy atom. The summed E-state index contributed by atoms with van der Waals surface area (Å²) in [5, 5.41) is 10.6. The van der Waals surface area contributed by atoms with Crippen molar-refractivity contribution >= 4 is 5.69 Å². The Morgan fingerprint density at radius 1 is 1.35 bits per heavy atom. The molecule has 2 N–H and O–H groups in total. The minimum Gasteiger partial charge on any atom is -0.488 e. The molecule has 1 saturated carbocycles. The van der Waals surface area contributed by atoms with E-state index >= 15 is 0 Å². The smallest absolute Gasteiger partial charge is 0.269 e. The number of hydrogen-bond donors (Lipinski definition) is 1. The topological polar surface area (TPSA) is 96.9 Å². The maximum absolute atomic E-state index is 10.6. The van der Waals surface area contributed by atoms with E-state index in [1.54, 1.807) is 19.2 Å². The summed E-state index contributed by atoms with van der Waals surface area (Å²) in [7, 11) is 1.61. The fourth-order valence-corrected chi connectivity index (χ4v) is 2.05. The number of rotatable bonds is 7. The average Bonchev–Trinajstić information content (AvgIpc) is 2.43. The summed E-state index contributed by atoms with van der Waals surface area (Å²) in [6, 6.07) is 5.93. The second-order valence-corrected chi connectivity index (χ2v) is 4.64. The number of nitro groups is 1. The van der Waals surface area contributed by atoms with Crippen molar-refractivity contribution in [1.82, 2.24) is 0 Å². The summed E-state index contributed by atoms with van der Waals surface area (Å²) < 4.78 is 16.2. The molecular weight excluding hydrogens is 264 g/mol. The van der Waals surface area contributed by atoms with Gasteiger partial charge in [-0.2, -0.15) is 0 Å². The maximum atomic E-state index is 10.6. The van der Waals surface area contributed by atoms with Gasteiger partial charge in [0.05, 0.1) is 18.1 Å². The van der Waals surface area contributed by atoms with E-state index in [4.69, 9.17) is 19.9 Å². The summed E-state index contributed by atoms with van der Waals surface area (Å²) in [6.45, 7) is 0.975. The van der Waals surface area contributed by atoms with Gasteiger partial charge >= 0.3 is 0 Å². The summed E-state index contributed by atoms with van der Waals surface area (Å²) in [6.07, 6.45) is 0.415. The zero-order valence-electron chi connectivity index (χ0n) is 11.2. The Labute approximate surface area is 116 Å². The second-order valence-electron chi connectivity index (χ2n) is 4.64. The van der Waals surface area contributed by atoms with Crippen LogP contribution in [-0.4, -0.2) is 43.5 Å². The van der Waals surface area contributed by atoms with E-state index in [2.05, 4.69) is 0 Å². The summed E-state index contributed by atoms with van der Waals surface area (Å²) in [4.78, 5) is 10.1. The monoisotopic (exact) mass is 282 g/mol. The van der Waals surface area contributed by atoms with Crippen molar-refractivity contribution in [2.45, 2.75) is 24.7 Å². The largest absolute Gasteiger partial charge is 0.488 e. The first-order valence-electron chi connectivity index (χ1n) is 6.39. The molecule has 7 nitrogen and oxygen atoms in total. The van der Waals surface area contributed by atoms with Gasteiger partial charge in [-0.1, -0.05) is 0 Å². The fourth-order valence-electron chi connectivity index (χ4n) is 2.05. The minimum absolute atomic E-state index is 0.0376. The van der Waals surface area contributed by atoms with Gasteiger partial charge in [0.25, 0.3) is 5.69 Å². The van der Waals surface area contributed by atoms with Gasteiger partial charge in [0, 0.05) is 31.7 Å². The van der Waals surface area contributed by atoms with Crippen LogP contribution in [0.3, 0.4) is 0 Å². The molecule has 110 valence electrons. The van der Waals surface area contributed by atoms with E-state index in [0.717, 1.165) is 0 Å². The molecule has 1 aliphatic carbocycles. The van der Waals surface area contributed by atoms with Crippen LogP contribution in [0.15, 0.2) is 24.3 Å². The van der Waals surface area contributed by atoms with Gasteiger partial charge in [0.1, 0.15) is 18.0 Å². The third kappa shape index (κ3) is 3.44. The Bertz CT molecular complexity index is 451. The Hall–Kier alpha value is -1.70. The van der Waals surface area contributed by atoms with Gasteiger partial charge < -0.3 is 19.9 Å². The third-order valence-electron chi connectivity index (χ3n) is 3.23. The standard InChI is InChI=1S/C13H18N2O5/c1-18-6-7-19-13-11(14)8-12(13)20-10-4-2-9(3-5-10)15(16)17/h2-5,11-13H,6-8,14H2,1H3. The molecule has 7 heteroatoms. The van der Waals surface area contributed by atoms with Crippen LogP contribution in [0, 0.1) is 10.1 Å². The van der Waals surface area contributed by atoms with Crippen molar-refractivity contribution < 1.29 is 19.1 Å². The van der Waals surface area contributed by atoms with Crippen LogP contribution >= 0.6 is 0 Å². The molecule has 1 aromatic rings. The van der Waals surface area contributed by atoms with E-state index in [-0.39, 0.29) is 23.9 Å². The van der Waals surface area contributed by atoms with Crippen LogP contribution in [0.2, 0.25) is 0 Å². The zero-order valence-corrected chi connectivity index (χ0v) is 11.2. The first-order valence-corrected chi connectivity index (χ1v) is 6.39. The molecule has 0 aromatic heterocycles. The van der Waals surface area contributed by atoms with Gasteiger partial charge in [-0.15, -0.1) is 0 Å². The molecule has 0 amide bonds. The molecule has 20 heavy (non-hydrogen) atoms. The van der Waals surface area contributed by atoms with Crippen molar-refractivity contribution in [3.8, 4) is 5.75 Å². The molecule has 1 aliphatic rings. The highest BCUT2D eigenvalue weighted by Crippen LogP contribution is 2.28. The van der Waals surface area contributed by atoms with Crippen molar-refractivity contribution in [2.24, 2.45) is 5.73 Å². The lowest BCUT2D eigenvalue weighted by Gasteiger charge is -2.41. The first-order chi connectivity index (χ1) is 9.61. The first kappa shape index (κ1) is 14.7. The number of methoxy groups -OCH3 is 1. The number of benzene rings is 1. The molecule has 3 unspecified atom stereocenters. The predicted molar refractivity (Wildman–Crippen MR) is 71.7 cm³/mol. The van der Waals surface area contributed by atoms with E-state index in [1.807, 2.05) is 0 Å². The van der Waals surface area contributed by atoms with Gasteiger partial charge in [-0.25, -0.2) is 0 Å². The molecule has 1 aromatic carbocycles. The summed E-state index contributed by atoms with van der Waals surface area (Å²) in [5.41, 5.74) is 5.92. The average molecular weight is 282 g/mol. The van der Waals surface area contributed by atoms with Crippen molar-refractivity contribution in [1.29, 1.82) is 0 Å². The Kier molecular flexibility index (Phi) is 4.89. The Balaban J connectivity index is 1.87. The normalized spacial score (nSPS) is 25.0. The van der Waals surface area contributed by atoms with Gasteiger partial charge in [0.2, 0.25) is 0 Å². The lowest BCUT2D eigenvalue weighted by atomic mass is 9.86. The van der Waals surface area contributed by atoms with E-state index in [9.17, 15) is 10.1 Å². The molecule has 0 saturated heterocycles. The van der Waals surface area contributed by atoms with E-state index < -0.39 is 4.92 Å². The molecule has 0 heterocycles. The van der Waals surface area contributed by atoms with Crippen LogP contribution in [0.25, 0.3) is 0 Å². The number of nitrogens with zero attached hydrogens (tertiary/aromatic N) is 1. The summed E-state index contributed by atoms with van der Waals surface area (Å²) in [5.74, 6) is 0.577. The highest BCUT2D eigenvalue weighted by Gasteiger charge is 2.41. The molecule has 2 rings (SSSR count). The van der Waals surface area contributed by atoms with E-state index in [1.165, 1.54) is 12.1 Å². The minimum atomic E-state index is -0.445. The number of non-ortho nitro benzene ring substituents is 1. The van der Waals surface area contributed by atoms with Crippen LogP contribution < -0.4 is 10.5 Å². The molecular formula is C13H18N2O5. The van der Waals surface area contributed by atoms with Crippen LogP contribution in [0.1, 0.15) is 6.42 Å². The summed E-state index contributed by atoms with van der Waals surface area (Å²) >= 11 is 0. The van der Waals surface area contributed by atoms with Gasteiger partial charge in [0.15, 0.2) is 0 Å². The molecule has 3 atom stereocenters. The van der Waals surface area contributed by atoms with Crippen molar-refractivity contribution in [3.05, 3.63) is 34.4 Å². The maximum Gasteiger partial charge on any atom is 0.269 e. The molecule has 0 aliphatic heterocycles. The highest BCUT2D eigenvalue weighted by atomic mass is 16.6. The molecule has 0 radical (unpaired) electrons. The number of nitrogens with two attached hydrogens (primary N) is 1. The van der Waals surface area contributed by atoms with Crippen LogP contribution in [0.4, 0.5) is 5.69 Å². The van der Waals surface area contributed by atoms with Crippen LogP contribution in [-0.2, 0) is 9.47 Å². The predicted octanol–water partition coefficient (Wildman–Crippen LogP) is 1.10. The molecule has 0 bridgehead atoms. The lowest BCUT2D eigenvalue weighted by Crippen LogP contribution is -2.59. The Morgan fingerprint density at radius 2 is 2.05 bits per heavy atom. The van der Waals surface area contributed by atoms with Crippen LogP contribution in [0.5, 0.6) is 5.75 Å². The molecule has 0 spiro atoms. The van der Waals surface area contributed by atoms with Gasteiger partial charge in [-0.05, 0) is 12.1 Å². The van der Waals surface area contributed by atoms with Crippen molar-refractivity contribution in [3.63, 3.8) is 0 Å². The second kappa shape index (κ2) is 6.65. The third-order valence-corrected chi connectivity index (χ3v) is 3.23. The number of ether oxygens (including phenoxy) is 3. The zero-order chi connectivity index (χ0) is 14.5. The van der Waals surface area contributed by atoms with E-state index in [0.29, 0.717) is 25.4 Å². The number of hydrogen-bond acceptors (Lipinski definition) is 6. The number of nitro benzene ring substituents is 1. The molecule has 1 fully saturated rings. The SMILES string of the molecule is COCCOC1C(N)CC1Oc1ccc([N+](=O)[O-])cc1. The fraction of sp³-hybridized carbons (Fsp3) is 0.538. The quantitative estimate of drug-likeness (QED) is 0.457.